The number of benzene rings is 2. The highest BCUT2D eigenvalue weighted by Crippen LogP contribution is 2.19. The fraction of sp³-hybridized carbons (Fsp3) is 0.125. The van der Waals surface area contributed by atoms with E-state index in [9.17, 15) is 4.79 Å². The molecular weight excluding hydrogens is 294 g/mol. The van der Waals surface area contributed by atoms with Crippen molar-refractivity contribution in [2.45, 2.75) is 6.61 Å². The number of ether oxygens (including phenoxy) is 1. The average Bonchev–Trinajstić information content (AvgIpc) is 3.10. The van der Waals surface area contributed by atoms with E-state index < -0.39 is 0 Å². The number of carbonyl (C=O) groups is 1. The molecule has 0 fully saturated rings. The summed E-state index contributed by atoms with van der Waals surface area (Å²) in [5.41, 5.74) is 2.95. The van der Waals surface area contributed by atoms with Crippen LogP contribution in [0.5, 0.6) is 0 Å². The lowest BCUT2D eigenvalue weighted by Gasteiger charge is -2.07. The minimum Gasteiger partial charge on any atom is -0.380 e. The first-order chi connectivity index (χ1) is 11.3. The molecule has 0 spiro atoms. The lowest BCUT2D eigenvalue weighted by molar-refractivity contribution is 0.102. The highest BCUT2D eigenvalue weighted by molar-refractivity contribution is 6.04. The van der Waals surface area contributed by atoms with E-state index in [-0.39, 0.29) is 5.91 Å². The number of aromatic nitrogens is 4. The van der Waals surface area contributed by atoms with Crippen molar-refractivity contribution in [3.8, 4) is 11.4 Å². The molecule has 7 heteroatoms. The van der Waals surface area contributed by atoms with Crippen LogP contribution in [-0.4, -0.2) is 33.6 Å². The average molecular weight is 309 g/mol. The Labute approximate surface area is 132 Å². The molecule has 23 heavy (non-hydrogen) atoms. The van der Waals surface area contributed by atoms with Crippen LogP contribution in [0.4, 0.5) is 5.69 Å². The molecule has 0 saturated carbocycles. The van der Waals surface area contributed by atoms with Gasteiger partial charge in [0.1, 0.15) is 0 Å². The summed E-state index contributed by atoms with van der Waals surface area (Å²) in [4.78, 5) is 12.4. The van der Waals surface area contributed by atoms with Gasteiger partial charge in [-0.2, -0.15) is 5.21 Å². The van der Waals surface area contributed by atoms with Crippen LogP contribution in [0.25, 0.3) is 11.4 Å². The number of nitrogens with zero attached hydrogens (tertiary/aromatic N) is 3. The van der Waals surface area contributed by atoms with Crippen molar-refractivity contribution in [1.29, 1.82) is 0 Å². The first kappa shape index (κ1) is 14.9. The van der Waals surface area contributed by atoms with E-state index in [1.807, 2.05) is 30.3 Å². The summed E-state index contributed by atoms with van der Waals surface area (Å²) < 4.78 is 5.08. The Morgan fingerprint density at radius 1 is 1.22 bits per heavy atom. The molecule has 2 N–H and O–H groups in total. The Hall–Kier alpha value is -3.06. The monoisotopic (exact) mass is 309 g/mol. The summed E-state index contributed by atoms with van der Waals surface area (Å²) in [5.74, 6) is 0.288. The Bertz CT molecular complexity index is 802. The molecule has 2 aromatic carbocycles. The van der Waals surface area contributed by atoms with E-state index >= 15 is 0 Å². The van der Waals surface area contributed by atoms with Crippen LogP contribution in [0, 0.1) is 0 Å². The second-order valence-corrected chi connectivity index (χ2v) is 4.90. The molecule has 7 nitrogen and oxygen atoms in total. The molecule has 0 atom stereocenters. The SMILES string of the molecule is COCc1cccc(C(=O)Nc2cccc(-c3nn[nH]n3)c2)c1. The van der Waals surface area contributed by atoms with Crippen molar-refractivity contribution in [3.63, 3.8) is 0 Å². The Morgan fingerprint density at radius 3 is 2.87 bits per heavy atom. The molecule has 116 valence electrons. The van der Waals surface area contributed by atoms with E-state index in [4.69, 9.17) is 4.74 Å². The lowest BCUT2D eigenvalue weighted by atomic mass is 10.1. The van der Waals surface area contributed by atoms with Gasteiger partial charge in [-0.25, -0.2) is 0 Å². The molecule has 0 saturated heterocycles. The molecule has 1 heterocycles. The molecular formula is C16H15N5O2. The standard InChI is InChI=1S/C16H15N5O2/c1-23-10-11-4-2-6-13(8-11)16(22)17-14-7-3-5-12(9-14)15-18-20-21-19-15/h2-9H,10H2,1H3,(H,17,22)(H,18,19,20,21). The highest BCUT2D eigenvalue weighted by Gasteiger charge is 2.09. The number of hydrogen-bond donors (Lipinski definition) is 2. The molecule has 0 aliphatic heterocycles. The summed E-state index contributed by atoms with van der Waals surface area (Å²) >= 11 is 0. The van der Waals surface area contributed by atoms with Crippen molar-refractivity contribution in [2.24, 2.45) is 0 Å². The molecule has 0 radical (unpaired) electrons. The molecule has 0 aliphatic carbocycles. The van der Waals surface area contributed by atoms with Crippen LogP contribution < -0.4 is 5.32 Å². The molecule has 0 unspecified atom stereocenters. The number of aromatic amines is 1. The third kappa shape index (κ3) is 3.58. The second kappa shape index (κ2) is 6.80. The third-order valence-electron chi connectivity index (χ3n) is 3.22. The number of methoxy groups -OCH3 is 1. The maximum absolute atomic E-state index is 12.4. The smallest absolute Gasteiger partial charge is 0.255 e. The maximum Gasteiger partial charge on any atom is 0.255 e. The van der Waals surface area contributed by atoms with Crippen molar-refractivity contribution in [3.05, 3.63) is 59.7 Å². The van der Waals surface area contributed by atoms with E-state index in [0.717, 1.165) is 11.1 Å². The molecule has 3 aromatic rings. The molecule has 0 bridgehead atoms. The van der Waals surface area contributed by atoms with Crippen molar-refractivity contribution < 1.29 is 9.53 Å². The van der Waals surface area contributed by atoms with Gasteiger partial charge in [0, 0.05) is 23.9 Å². The van der Waals surface area contributed by atoms with Crippen LogP contribution in [-0.2, 0) is 11.3 Å². The number of rotatable bonds is 5. The Morgan fingerprint density at radius 2 is 2.09 bits per heavy atom. The fourth-order valence-electron chi connectivity index (χ4n) is 2.19. The van der Waals surface area contributed by atoms with Gasteiger partial charge in [-0.05, 0) is 35.0 Å². The fourth-order valence-corrected chi connectivity index (χ4v) is 2.19. The minimum atomic E-state index is -0.187. The number of anilines is 1. The third-order valence-corrected chi connectivity index (χ3v) is 3.22. The molecule has 0 aliphatic rings. The van der Waals surface area contributed by atoms with Crippen molar-refractivity contribution >= 4 is 11.6 Å². The number of carbonyl (C=O) groups excluding carboxylic acids is 1. The number of amides is 1. The van der Waals surface area contributed by atoms with Crippen LogP contribution in [0.3, 0.4) is 0 Å². The summed E-state index contributed by atoms with van der Waals surface area (Å²) in [6.07, 6.45) is 0. The number of nitrogens with one attached hydrogen (secondary N) is 2. The van der Waals surface area contributed by atoms with Gasteiger partial charge < -0.3 is 10.1 Å². The van der Waals surface area contributed by atoms with Gasteiger partial charge in [0.25, 0.3) is 5.91 Å². The van der Waals surface area contributed by atoms with Gasteiger partial charge in [-0.1, -0.05) is 24.3 Å². The Kier molecular flexibility index (Phi) is 4.39. The van der Waals surface area contributed by atoms with Gasteiger partial charge in [0.2, 0.25) is 5.82 Å². The maximum atomic E-state index is 12.4. The largest absolute Gasteiger partial charge is 0.380 e. The van der Waals surface area contributed by atoms with Crippen LogP contribution in [0.1, 0.15) is 15.9 Å². The van der Waals surface area contributed by atoms with Gasteiger partial charge in [0.05, 0.1) is 6.61 Å². The summed E-state index contributed by atoms with van der Waals surface area (Å²) in [5, 5.41) is 16.6. The zero-order valence-electron chi connectivity index (χ0n) is 12.5. The van der Waals surface area contributed by atoms with Crippen molar-refractivity contribution in [1.82, 2.24) is 20.6 Å². The van der Waals surface area contributed by atoms with E-state index in [0.29, 0.717) is 23.7 Å². The summed E-state index contributed by atoms with van der Waals surface area (Å²) in [6, 6.07) is 14.6. The quantitative estimate of drug-likeness (QED) is 0.754. The van der Waals surface area contributed by atoms with E-state index in [1.54, 1.807) is 25.3 Å². The van der Waals surface area contributed by atoms with Crippen LogP contribution in [0.15, 0.2) is 48.5 Å². The lowest BCUT2D eigenvalue weighted by Crippen LogP contribution is -2.12. The zero-order chi connectivity index (χ0) is 16.1. The van der Waals surface area contributed by atoms with Crippen LogP contribution >= 0.6 is 0 Å². The van der Waals surface area contributed by atoms with E-state index in [1.165, 1.54) is 0 Å². The summed E-state index contributed by atoms with van der Waals surface area (Å²) in [7, 11) is 1.62. The van der Waals surface area contributed by atoms with Gasteiger partial charge in [-0.3, -0.25) is 4.79 Å². The second-order valence-electron chi connectivity index (χ2n) is 4.90. The summed E-state index contributed by atoms with van der Waals surface area (Å²) in [6.45, 7) is 0.467. The van der Waals surface area contributed by atoms with Crippen molar-refractivity contribution in [2.75, 3.05) is 12.4 Å². The van der Waals surface area contributed by atoms with E-state index in [2.05, 4.69) is 25.9 Å². The topological polar surface area (TPSA) is 92.8 Å². The first-order valence-electron chi connectivity index (χ1n) is 6.99. The molecule has 1 aromatic heterocycles. The normalized spacial score (nSPS) is 10.5. The van der Waals surface area contributed by atoms with Gasteiger partial charge in [0.15, 0.2) is 0 Å². The predicted molar refractivity (Wildman–Crippen MR) is 84.7 cm³/mol. The number of hydrogen-bond acceptors (Lipinski definition) is 5. The molecule has 1 amide bonds. The zero-order valence-corrected chi connectivity index (χ0v) is 12.5. The van der Waals surface area contributed by atoms with Gasteiger partial charge in [-0.15, -0.1) is 10.2 Å². The van der Waals surface area contributed by atoms with Gasteiger partial charge >= 0.3 is 0 Å². The number of tetrazole rings is 1. The molecule has 3 rings (SSSR count). The highest BCUT2D eigenvalue weighted by atomic mass is 16.5. The first-order valence-corrected chi connectivity index (χ1v) is 6.99. The Balaban J connectivity index is 1.78. The number of H-pyrrole nitrogens is 1. The van der Waals surface area contributed by atoms with Crippen LogP contribution in [0.2, 0.25) is 0 Å². The predicted octanol–water partition coefficient (Wildman–Crippen LogP) is 2.27. The minimum absolute atomic E-state index is 0.187.